The van der Waals surface area contributed by atoms with Crippen LogP contribution in [0.1, 0.15) is 93.9 Å². The van der Waals surface area contributed by atoms with E-state index in [4.69, 9.17) is 18.9 Å². The molecule has 0 amide bonds. The molecule has 0 radical (unpaired) electrons. The summed E-state index contributed by atoms with van der Waals surface area (Å²) in [6.07, 6.45) is -1.64. The summed E-state index contributed by atoms with van der Waals surface area (Å²) in [6.45, 7) is 17.0. The fraction of sp³-hybridized carbons (Fsp3) is 0.946. The van der Waals surface area contributed by atoms with Gasteiger partial charge in [0.2, 0.25) is 0 Å². The third-order valence-electron chi connectivity index (χ3n) is 15.0. The first-order chi connectivity index (χ1) is 21.8. The van der Waals surface area contributed by atoms with Crippen molar-refractivity contribution in [3.05, 3.63) is 11.6 Å². The first-order valence-electron chi connectivity index (χ1n) is 18.0. The van der Waals surface area contributed by atoms with Gasteiger partial charge in [-0.05, 0) is 105 Å². The molecule has 47 heavy (non-hydrogen) atoms. The van der Waals surface area contributed by atoms with E-state index in [9.17, 15) is 30.6 Å². The Morgan fingerprint density at radius 1 is 0.915 bits per heavy atom. The fourth-order valence-corrected chi connectivity index (χ4v) is 12.3. The number of methoxy groups -OCH3 is 1. The summed E-state index contributed by atoms with van der Waals surface area (Å²) >= 11 is 0. The molecule has 0 unspecified atom stereocenters. The average Bonchev–Trinajstić information content (AvgIpc) is 3.46. The molecule has 10 heteroatoms. The molecule has 0 bridgehead atoms. The van der Waals surface area contributed by atoms with E-state index in [1.54, 1.807) is 7.11 Å². The van der Waals surface area contributed by atoms with Crippen LogP contribution in [0.2, 0.25) is 0 Å². The Labute approximate surface area is 280 Å². The molecule has 2 aliphatic heterocycles. The van der Waals surface area contributed by atoms with Crippen molar-refractivity contribution in [2.75, 3.05) is 13.7 Å². The van der Waals surface area contributed by atoms with E-state index in [2.05, 4.69) is 61.5 Å². The Balaban J connectivity index is 1.37. The monoisotopic (exact) mass is 666 g/mol. The number of hydrogen-bond donors (Lipinski definition) is 6. The highest BCUT2D eigenvalue weighted by molar-refractivity contribution is 5.25. The van der Waals surface area contributed by atoms with Crippen molar-refractivity contribution < 1.29 is 49.6 Å². The highest BCUT2D eigenvalue weighted by Gasteiger charge is 2.73. The molecule has 6 rings (SSSR count). The lowest BCUT2D eigenvalue weighted by Gasteiger charge is -2.72. The zero-order valence-corrected chi connectivity index (χ0v) is 29.9. The Kier molecular flexibility index (Phi) is 9.20. The van der Waals surface area contributed by atoms with Gasteiger partial charge in [0.1, 0.15) is 36.6 Å². The molecular formula is C37H62O10. The average molecular weight is 667 g/mol. The van der Waals surface area contributed by atoms with Gasteiger partial charge >= 0.3 is 0 Å². The number of epoxide rings is 1. The van der Waals surface area contributed by atoms with Gasteiger partial charge < -0.3 is 49.6 Å². The first-order valence-corrected chi connectivity index (χ1v) is 18.0. The Morgan fingerprint density at radius 3 is 2.17 bits per heavy atom. The molecular weight excluding hydrogens is 604 g/mol. The first kappa shape index (κ1) is 36.1. The van der Waals surface area contributed by atoms with Crippen LogP contribution >= 0.6 is 0 Å². The maximum atomic E-state index is 12.2. The van der Waals surface area contributed by atoms with Crippen LogP contribution < -0.4 is 0 Å². The number of aliphatic hydroxyl groups excluding tert-OH is 6. The summed E-state index contributed by atoms with van der Waals surface area (Å²) in [4.78, 5) is 0. The minimum atomic E-state index is -1.53. The third-order valence-corrected chi connectivity index (χ3v) is 15.0. The second kappa shape index (κ2) is 12.0. The topological polar surface area (TPSA) is 162 Å². The zero-order chi connectivity index (χ0) is 34.6. The normalized spacial score (nSPS) is 54.3. The summed E-state index contributed by atoms with van der Waals surface area (Å²) in [7, 11) is 1.73. The Morgan fingerprint density at radius 2 is 1.57 bits per heavy atom. The van der Waals surface area contributed by atoms with Crippen LogP contribution in [-0.2, 0) is 18.9 Å². The zero-order valence-electron chi connectivity index (χ0n) is 29.9. The van der Waals surface area contributed by atoms with E-state index in [1.165, 1.54) is 5.57 Å². The van der Waals surface area contributed by atoms with Crippen LogP contribution in [0.4, 0.5) is 0 Å². The van der Waals surface area contributed by atoms with Gasteiger partial charge in [-0.2, -0.15) is 0 Å². The lowest BCUT2D eigenvalue weighted by Crippen LogP contribution is -2.70. The van der Waals surface area contributed by atoms with Gasteiger partial charge in [0.05, 0.1) is 30.5 Å². The van der Waals surface area contributed by atoms with Crippen LogP contribution in [0, 0.1) is 45.3 Å². The summed E-state index contributed by atoms with van der Waals surface area (Å²) in [6, 6.07) is 0. The van der Waals surface area contributed by atoms with Crippen molar-refractivity contribution in [1.82, 2.24) is 0 Å². The smallest absolute Gasteiger partial charge is 0.186 e. The van der Waals surface area contributed by atoms with E-state index >= 15 is 0 Å². The van der Waals surface area contributed by atoms with E-state index in [0.717, 1.165) is 19.3 Å². The van der Waals surface area contributed by atoms with Gasteiger partial charge in [-0.15, -0.1) is 0 Å². The van der Waals surface area contributed by atoms with E-state index in [-0.39, 0.29) is 57.7 Å². The number of hydrogen-bond acceptors (Lipinski definition) is 10. The van der Waals surface area contributed by atoms with Crippen LogP contribution in [0.5, 0.6) is 0 Å². The molecule has 0 spiro atoms. The van der Waals surface area contributed by atoms with Crippen LogP contribution in [0.15, 0.2) is 11.6 Å². The molecule has 4 saturated carbocycles. The predicted octanol–water partition coefficient (Wildman–Crippen LogP) is 2.94. The minimum absolute atomic E-state index is 0.00831. The molecule has 2 saturated heterocycles. The summed E-state index contributed by atoms with van der Waals surface area (Å²) in [5.74, 6) is 0.237. The number of fused-ring (bicyclic) bond motifs is 5. The second-order valence-corrected chi connectivity index (χ2v) is 18.0. The molecule has 0 aromatic rings. The van der Waals surface area contributed by atoms with E-state index in [0.29, 0.717) is 19.3 Å². The SMILES string of the molecule is CO[C@@H](/C=C(\C)[C@H]1CC[C@]2(C)[C@@H]1[C@H](O)C[C@@H]1[C@@]3(C)CC[C@H](O)C(C)(C)[C@@H]3[C@@H](O[C@@H]3O[C@H](CO)[C@@H](O)[C@H](O)[C@H]3O)C[C@]12C)[C@H]1OC1(C)C. The third kappa shape index (κ3) is 5.34. The lowest BCUT2D eigenvalue weighted by atomic mass is 9.34. The van der Waals surface area contributed by atoms with Gasteiger partial charge in [0.15, 0.2) is 6.29 Å². The van der Waals surface area contributed by atoms with E-state index < -0.39 is 61.0 Å². The lowest BCUT2D eigenvalue weighted by molar-refractivity contribution is -0.346. The van der Waals surface area contributed by atoms with Gasteiger partial charge in [-0.3, -0.25) is 0 Å². The van der Waals surface area contributed by atoms with E-state index in [1.807, 2.05) is 0 Å². The summed E-state index contributed by atoms with van der Waals surface area (Å²) in [5.41, 5.74) is -0.328. The number of aliphatic hydroxyl groups is 6. The maximum absolute atomic E-state index is 12.2. The number of ether oxygens (including phenoxy) is 4. The second-order valence-electron chi connectivity index (χ2n) is 18.0. The Bertz CT molecular complexity index is 1200. The van der Waals surface area contributed by atoms with Crippen LogP contribution in [0.25, 0.3) is 0 Å². The molecule has 10 nitrogen and oxygen atoms in total. The molecule has 4 aliphatic carbocycles. The van der Waals surface area contributed by atoms with Crippen molar-refractivity contribution in [3.8, 4) is 0 Å². The van der Waals surface area contributed by atoms with Crippen molar-refractivity contribution in [1.29, 1.82) is 0 Å². The van der Waals surface area contributed by atoms with Gasteiger partial charge in [0.25, 0.3) is 0 Å². The predicted molar refractivity (Wildman–Crippen MR) is 174 cm³/mol. The largest absolute Gasteiger partial charge is 0.394 e. The van der Waals surface area contributed by atoms with Crippen molar-refractivity contribution in [2.45, 2.75) is 161 Å². The quantitative estimate of drug-likeness (QED) is 0.135. The number of rotatable bonds is 7. The van der Waals surface area contributed by atoms with Crippen molar-refractivity contribution in [2.24, 2.45) is 45.3 Å². The molecule has 6 N–H and O–H groups in total. The van der Waals surface area contributed by atoms with Gasteiger partial charge in [-0.25, -0.2) is 0 Å². The molecule has 2 heterocycles. The molecule has 0 aromatic heterocycles. The molecule has 6 fully saturated rings. The molecule has 0 aromatic carbocycles. The van der Waals surface area contributed by atoms with Crippen LogP contribution in [0.3, 0.4) is 0 Å². The summed E-state index contributed by atoms with van der Waals surface area (Å²) in [5, 5.41) is 65.6. The Hall–Kier alpha value is -0.660. The minimum Gasteiger partial charge on any atom is -0.394 e. The maximum Gasteiger partial charge on any atom is 0.186 e. The van der Waals surface area contributed by atoms with Crippen molar-refractivity contribution in [3.63, 3.8) is 0 Å². The van der Waals surface area contributed by atoms with Crippen LogP contribution in [-0.4, -0.2) is 111 Å². The van der Waals surface area contributed by atoms with Gasteiger partial charge in [-0.1, -0.05) is 46.3 Å². The summed E-state index contributed by atoms with van der Waals surface area (Å²) < 4.78 is 24.5. The molecule has 270 valence electrons. The van der Waals surface area contributed by atoms with Gasteiger partial charge in [0, 0.05) is 7.11 Å². The molecule has 6 aliphatic rings. The number of allylic oxidation sites excluding steroid dienone is 1. The highest BCUT2D eigenvalue weighted by Crippen LogP contribution is 2.76. The standard InChI is InChI=1S/C37H62O10/c1-18(14-21(44-9)31-34(4,5)47-31)19-10-13-36(7)26(19)20(39)15-24-35(6)12-11-25(40)33(2,3)30(35)22(16-37(24,36)8)45-32-29(43)28(42)27(41)23(17-38)46-32/h14,19-32,38-43H,10-13,15-17H2,1-9H3/b18-14+/t19-,20-,21+,22+,23-,24-,25+,26+,27-,28+,29-,30+,31-,32-,35-,36-,37-/m1/s1. The molecule has 17 atom stereocenters. The van der Waals surface area contributed by atoms with Crippen molar-refractivity contribution >= 4 is 0 Å². The highest BCUT2D eigenvalue weighted by atomic mass is 16.7. The fourth-order valence-electron chi connectivity index (χ4n) is 12.3.